The first kappa shape index (κ1) is 18.9. The average Bonchev–Trinajstić information content (AvgIpc) is 2.34. The first-order chi connectivity index (χ1) is 9.21. The highest BCUT2D eigenvalue weighted by molar-refractivity contribution is 5.88. The fraction of sp³-hybridized carbons (Fsp3) is 0.857. The van der Waals surface area contributed by atoms with Gasteiger partial charge in [-0.2, -0.15) is 0 Å². The van der Waals surface area contributed by atoms with Crippen LogP contribution in [0.1, 0.15) is 34.1 Å². The molecule has 0 aliphatic carbocycles. The largest absolute Gasteiger partial charge is 0.383 e. The van der Waals surface area contributed by atoms with Gasteiger partial charge in [-0.25, -0.2) is 0 Å². The fourth-order valence-corrected chi connectivity index (χ4v) is 1.85. The van der Waals surface area contributed by atoms with Gasteiger partial charge in [0.2, 0.25) is 11.8 Å². The third kappa shape index (κ3) is 8.12. The summed E-state index contributed by atoms with van der Waals surface area (Å²) in [5.41, 5.74) is 5.67. The number of nitrogens with two attached hydrogens (primary N) is 1. The summed E-state index contributed by atoms with van der Waals surface area (Å²) in [6.07, 6.45) is 0.688. The van der Waals surface area contributed by atoms with Crippen molar-refractivity contribution < 1.29 is 14.3 Å². The average molecular weight is 287 g/mol. The number of nitrogens with one attached hydrogen (secondary N) is 2. The van der Waals surface area contributed by atoms with Crippen LogP contribution in [0.25, 0.3) is 0 Å². The molecule has 0 heterocycles. The van der Waals surface area contributed by atoms with Crippen LogP contribution in [0.15, 0.2) is 0 Å². The van der Waals surface area contributed by atoms with Gasteiger partial charge in [-0.05, 0) is 18.8 Å². The van der Waals surface area contributed by atoms with E-state index in [4.69, 9.17) is 10.5 Å². The third-order valence-electron chi connectivity index (χ3n) is 2.87. The zero-order valence-corrected chi connectivity index (χ0v) is 13.3. The van der Waals surface area contributed by atoms with Crippen molar-refractivity contribution >= 4 is 11.8 Å². The van der Waals surface area contributed by atoms with E-state index in [0.717, 1.165) is 0 Å². The summed E-state index contributed by atoms with van der Waals surface area (Å²) in [5.74, 6) is -0.664. The zero-order chi connectivity index (χ0) is 15.8. The molecule has 0 radical (unpaired) electrons. The molecule has 20 heavy (non-hydrogen) atoms. The van der Waals surface area contributed by atoms with Crippen LogP contribution < -0.4 is 16.4 Å². The molecule has 0 aliphatic heterocycles. The zero-order valence-electron chi connectivity index (χ0n) is 13.3. The second-order valence-corrected chi connectivity index (χ2v) is 6.21. The van der Waals surface area contributed by atoms with Gasteiger partial charge in [-0.1, -0.05) is 20.8 Å². The van der Waals surface area contributed by atoms with E-state index in [0.29, 0.717) is 19.6 Å². The second-order valence-electron chi connectivity index (χ2n) is 6.21. The number of ether oxygens (including phenoxy) is 1. The van der Waals surface area contributed by atoms with Gasteiger partial charge < -0.3 is 21.1 Å². The molecule has 0 fully saturated rings. The summed E-state index contributed by atoms with van der Waals surface area (Å²) in [4.78, 5) is 23.8. The van der Waals surface area contributed by atoms with E-state index in [-0.39, 0.29) is 29.7 Å². The Kier molecular flexibility index (Phi) is 8.41. The summed E-state index contributed by atoms with van der Waals surface area (Å²) in [5, 5.41) is 5.39. The number of carbonyl (C=O) groups is 2. The molecule has 0 spiro atoms. The number of amides is 2. The number of carbonyl (C=O) groups excluding carboxylic acids is 2. The number of rotatable bonds is 8. The molecule has 2 amide bonds. The molecule has 0 aromatic carbocycles. The Balaban J connectivity index is 4.31. The molecule has 0 aromatic rings. The van der Waals surface area contributed by atoms with E-state index in [1.54, 1.807) is 14.0 Å². The van der Waals surface area contributed by atoms with Crippen molar-refractivity contribution in [2.45, 2.75) is 40.2 Å². The Morgan fingerprint density at radius 3 is 2.30 bits per heavy atom. The van der Waals surface area contributed by atoms with Crippen LogP contribution in [0, 0.1) is 11.3 Å². The van der Waals surface area contributed by atoms with Gasteiger partial charge in [0.05, 0.1) is 12.5 Å². The van der Waals surface area contributed by atoms with Crippen molar-refractivity contribution in [2.24, 2.45) is 17.1 Å². The lowest BCUT2D eigenvalue weighted by Gasteiger charge is -2.25. The van der Waals surface area contributed by atoms with Crippen molar-refractivity contribution in [2.75, 3.05) is 26.8 Å². The monoisotopic (exact) mass is 287 g/mol. The first-order valence-electron chi connectivity index (χ1n) is 6.98. The van der Waals surface area contributed by atoms with E-state index < -0.39 is 6.04 Å². The summed E-state index contributed by atoms with van der Waals surface area (Å²) >= 11 is 0. The Morgan fingerprint density at radius 2 is 1.85 bits per heavy atom. The minimum Gasteiger partial charge on any atom is -0.383 e. The molecule has 4 N–H and O–H groups in total. The van der Waals surface area contributed by atoms with E-state index >= 15 is 0 Å². The highest BCUT2D eigenvalue weighted by Gasteiger charge is 2.25. The van der Waals surface area contributed by atoms with Gasteiger partial charge >= 0.3 is 0 Å². The highest BCUT2D eigenvalue weighted by Crippen LogP contribution is 2.24. The van der Waals surface area contributed by atoms with Gasteiger partial charge in [0.15, 0.2) is 0 Å². The Morgan fingerprint density at radius 1 is 1.25 bits per heavy atom. The normalized spacial score (nSPS) is 14.5. The number of hydrogen-bond acceptors (Lipinski definition) is 4. The molecule has 6 nitrogen and oxygen atoms in total. The molecule has 0 aromatic heterocycles. The van der Waals surface area contributed by atoms with Crippen LogP contribution in [0.5, 0.6) is 0 Å². The number of hydrogen-bond donors (Lipinski definition) is 3. The van der Waals surface area contributed by atoms with Crippen molar-refractivity contribution in [1.82, 2.24) is 10.6 Å². The van der Waals surface area contributed by atoms with Crippen LogP contribution in [-0.2, 0) is 14.3 Å². The summed E-state index contributed by atoms with van der Waals surface area (Å²) in [6.45, 7) is 8.99. The lowest BCUT2D eigenvalue weighted by atomic mass is 9.84. The van der Waals surface area contributed by atoms with Crippen molar-refractivity contribution in [3.63, 3.8) is 0 Å². The predicted molar refractivity (Wildman–Crippen MR) is 79.1 cm³/mol. The molecule has 0 bridgehead atoms. The van der Waals surface area contributed by atoms with Crippen LogP contribution in [0.4, 0.5) is 0 Å². The Bertz CT molecular complexity index is 313. The van der Waals surface area contributed by atoms with Crippen molar-refractivity contribution in [3.8, 4) is 0 Å². The summed E-state index contributed by atoms with van der Waals surface area (Å²) in [7, 11) is 1.57. The van der Waals surface area contributed by atoms with Gasteiger partial charge in [0, 0.05) is 20.2 Å². The van der Waals surface area contributed by atoms with Crippen molar-refractivity contribution in [3.05, 3.63) is 0 Å². The lowest BCUT2D eigenvalue weighted by molar-refractivity contribution is -0.131. The molecular weight excluding hydrogens is 258 g/mol. The molecule has 0 rings (SSSR count). The van der Waals surface area contributed by atoms with Crippen LogP contribution in [0.3, 0.4) is 0 Å². The molecule has 2 atom stereocenters. The standard InChI is InChI=1S/C14H29N3O3/c1-10(12(18)16-6-7-20-5)17-13(19)11(9-15)8-14(2,3)4/h10-11H,6-9,15H2,1-5H3,(H,16,18)(H,17,19). The maximum atomic E-state index is 12.1. The number of methoxy groups -OCH3 is 1. The van der Waals surface area contributed by atoms with Crippen LogP contribution >= 0.6 is 0 Å². The van der Waals surface area contributed by atoms with Gasteiger partial charge in [-0.15, -0.1) is 0 Å². The van der Waals surface area contributed by atoms with Gasteiger partial charge in [0.25, 0.3) is 0 Å². The molecule has 118 valence electrons. The quantitative estimate of drug-likeness (QED) is 0.558. The van der Waals surface area contributed by atoms with E-state index in [9.17, 15) is 9.59 Å². The van der Waals surface area contributed by atoms with E-state index in [2.05, 4.69) is 31.4 Å². The summed E-state index contributed by atoms with van der Waals surface area (Å²) < 4.78 is 4.84. The molecule has 2 unspecified atom stereocenters. The van der Waals surface area contributed by atoms with Gasteiger partial charge in [0.1, 0.15) is 6.04 Å². The first-order valence-corrected chi connectivity index (χ1v) is 6.98. The minimum absolute atomic E-state index is 0.0192. The topological polar surface area (TPSA) is 93.5 Å². The molecule has 6 heteroatoms. The van der Waals surface area contributed by atoms with Gasteiger partial charge in [-0.3, -0.25) is 9.59 Å². The minimum atomic E-state index is -0.576. The Labute approximate surface area is 121 Å². The van der Waals surface area contributed by atoms with Crippen LogP contribution in [-0.4, -0.2) is 44.7 Å². The summed E-state index contributed by atoms with van der Waals surface area (Å²) in [6, 6.07) is -0.576. The molecule has 0 aliphatic rings. The van der Waals surface area contributed by atoms with E-state index in [1.165, 1.54) is 0 Å². The van der Waals surface area contributed by atoms with E-state index in [1.807, 2.05) is 0 Å². The molecule has 0 saturated carbocycles. The lowest BCUT2D eigenvalue weighted by Crippen LogP contribution is -2.48. The fourth-order valence-electron chi connectivity index (χ4n) is 1.85. The van der Waals surface area contributed by atoms with Crippen LogP contribution in [0.2, 0.25) is 0 Å². The molecule has 0 saturated heterocycles. The molecular formula is C14H29N3O3. The smallest absolute Gasteiger partial charge is 0.242 e. The SMILES string of the molecule is COCCNC(=O)C(C)NC(=O)C(CN)CC(C)(C)C. The van der Waals surface area contributed by atoms with Crippen molar-refractivity contribution in [1.29, 1.82) is 0 Å². The second kappa shape index (κ2) is 8.92. The maximum Gasteiger partial charge on any atom is 0.242 e. The maximum absolute atomic E-state index is 12.1. The Hall–Kier alpha value is -1.14. The third-order valence-corrected chi connectivity index (χ3v) is 2.87. The highest BCUT2D eigenvalue weighted by atomic mass is 16.5. The predicted octanol–water partition coefficient (Wildman–Crippen LogP) is 0.265.